The van der Waals surface area contributed by atoms with Crippen LogP contribution in [0.2, 0.25) is 5.02 Å². The van der Waals surface area contributed by atoms with Crippen molar-refractivity contribution < 1.29 is 9.39 Å². The molecule has 23 heavy (non-hydrogen) atoms. The smallest absolute Gasteiger partial charge is 0.284 e. The number of amides is 1. The third-order valence-electron chi connectivity index (χ3n) is 3.89. The van der Waals surface area contributed by atoms with E-state index in [-0.39, 0.29) is 10.5 Å². The van der Waals surface area contributed by atoms with E-state index in [1.165, 1.54) is 0 Å². The van der Waals surface area contributed by atoms with Crippen molar-refractivity contribution >= 4 is 28.9 Å². The fourth-order valence-electron chi connectivity index (χ4n) is 2.73. The monoisotopic (exact) mass is 328 g/mol. The first-order valence-electron chi connectivity index (χ1n) is 7.42. The molecule has 118 valence electrons. The van der Waals surface area contributed by atoms with Crippen molar-refractivity contribution in [2.24, 2.45) is 5.10 Å². The maximum Gasteiger partial charge on any atom is 0.284 e. The van der Waals surface area contributed by atoms with E-state index in [1.54, 1.807) is 18.0 Å². The lowest BCUT2D eigenvalue weighted by Crippen LogP contribution is -2.47. The Hall–Kier alpha value is -2.17. The second kappa shape index (κ2) is 5.80. The van der Waals surface area contributed by atoms with E-state index in [0.29, 0.717) is 11.6 Å². The summed E-state index contributed by atoms with van der Waals surface area (Å²) in [6.45, 7) is 0.300. The van der Waals surface area contributed by atoms with Gasteiger partial charge in [-0.05, 0) is 18.2 Å². The lowest BCUT2D eigenvalue weighted by Gasteiger charge is -2.30. The van der Waals surface area contributed by atoms with Gasteiger partial charge < -0.3 is 4.90 Å². The number of benzene rings is 2. The molecule has 5 heteroatoms. The van der Waals surface area contributed by atoms with Crippen LogP contribution in [0.5, 0.6) is 0 Å². The molecule has 2 aromatic carbocycles. The van der Waals surface area contributed by atoms with E-state index in [2.05, 4.69) is 0 Å². The summed E-state index contributed by atoms with van der Waals surface area (Å²) in [5.74, 6) is 0.0226. The van der Waals surface area contributed by atoms with Crippen LogP contribution in [0.3, 0.4) is 0 Å². The number of hydrogen-bond acceptors (Lipinski definition) is 2. The lowest BCUT2D eigenvalue weighted by molar-refractivity contribution is -0.889. The van der Waals surface area contributed by atoms with Crippen LogP contribution in [0, 0.1) is 0 Å². The molecule has 0 spiro atoms. The summed E-state index contributed by atoms with van der Waals surface area (Å²) in [5, 5.41) is 5.48. The summed E-state index contributed by atoms with van der Waals surface area (Å²) in [7, 11) is 5.64. The van der Waals surface area contributed by atoms with Crippen LogP contribution in [0.15, 0.2) is 53.6 Å². The summed E-state index contributed by atoms with van der Waals surface area (Å²) in [6.07, 6.45) is 0. The Bertz CT molecular complexity index is 784. The molecule has 4 nitrogen and oxygen atoms in total. The normalized spacial score (nSPS) is 19.4. The van der Waals surface area contributed by atoms with Crippen LogP contribution in [0.25, 0.3) is 0 Å². The average molecular weight is 329 g/mol. The Morgan fingerprint density at radius 3 is 2.52 bits per heavy atom. The van der Waals surface area contributed by atoms with Crippen LogP contribution in [0.4, 0.5) is 5.69 Å². The van der Waals surface area contributed by atoms with Crippen LogP contribution in [-0.4, -0.2) is 43.9 Å². The summed E-state index contributed by atoms with van der Waals surface area (Å²) < 4.78 is 0.235. The highest BCUT2D eigenvalue weighted by atomic mass is 35.5. The van der Waals surface area contributed by atoms with Crippen molar-refractivity contribution in [2.75, 3.05) is 32.6 Å². The van der Waals surface area contributed by atoms with E-state index in [0.717, 1.165) is 22.5 Å². The van der Waals surface area contributed by atoms with Gasteiger partial charge in [0, 0.05) is 23.2 Å². The summed E-state index contributed by atoms with van der Waals surface area (Å²) >= 11 is 6.22. The second-order valence-corrected chi connectivity index (χ2v) is 6.64. The van der Waals surface area contributed by atoms with Gasteiger partial charge in [0.1, 0.15) is 5.71 Å². The van der Waals surface area contributed by atoms with Gasteiger partial charge in [0.2, 0.25) is 0 Å². The molecule has 0 saturated heterocycles. The zero-order valence-corrected chi connectivity index (χ0v) is 14.2. The lowest BCUT2D eigenvalue weighted by atomic mass is 9.99. The minimum absolute atomic E-state index is 0.0226. The first kappa shape index (κ1) is 15.7. The molecular formula is C18H19ClN3O+. The van der Waals surface area contributed by atoms with Crippen molar-refractivity contribution in [3.63, 3.8) is 0 Å². The molecule has 1 heterocycles. The highest BCUT2D eigenvalue weighted by molar-refractivity contribution is 6.31. The van der Waals surface area contributed by atoms with Gasteiger partial charge in [-0.15, -0.1) is 0 Å². The Morgan fingerprint density at radius 1 is 1.13 bits per heavy atom. The summed E-state index contributed by atoms with van der Waals surface area (Å²) in [5.41, 5.74) is 3.53. The standard InChI is InChI=1S/C18H19ClN3O/c1-21-16-10-9-14(19)11-15(16)18(13-7-5-4-6-8-13)20-22(2,3)12-17(21)23/h4-11H,12H2,1-3H3/q+1/b20-18-. The predicted molar refractivity (Wildman–Crippen MR) is 93.9 cm³/mol. The molecule has 0 N–H and O–H groups in total. The second-order valence-electron chi connectivity index (χ2n) is 6.21. The van der Waals surface area contributed by atoms with Crippen molar-refractivity contribution in [1.82, 2.24) is 0 Å². The Balaban J connectivity index is 2.31. The van der Waals surface area contributed by atoms with Gasteiger partial charge in [-0.2, -0.15) is 4.59 Å². The Kier molecular flexibility index (Phi) is 3.96. The zero-order valence-electron chi connectivity index (χ0n) is 13.5. The number of fused-ring (bicyclic) bond motifs is 1. The van der Waals surface area contributed by atoms with Gasteiger partial charge >= 0.3 is 0 Å². The first-order chi connectivity index (χ1) is 10.9. The first-order valence-corrected chi connectivity index (χ1v) is 7.80. The van der Waals surface area contributed by atoms with Crippen molar-refractivity contribution in [1.29, 1.82) is 0 Å². The van der Waals surface area contributed by atoms with Crippen LogP contribution < -0.4 is 4.90 Å². The minimum Gasteiger partial charge on any atom is -0.310 e. The van der Waals surface area contributed by atoms with Crippen molar-refractivity contribution in [3.8, 4) is 0 Å². The van der Waals surface area contributed by atoms with Gasteiger partial charge in [-0.25, -0.2) is 0 Å². The van der Waals surface area contributed by atoms with Crippen LogP contribution in [-0.2, 0) is 4.79 Å². The number of likely N-dealkylation sites (N-methyl/N-ethyl adjacent to an activating group) is 2. The largest absolute Gasteiger partial charge is 0.310 e. The predicted octanol–water partition coefficient (Wildman–Crippen LogP) is 3.15. The minimum atomic E-state index is 0.0226. The molecule has 0 atom stereocenters. The van der Waals surface area contributed by atoms with Crippen LogP contribution in [0.1, 0.15) is 11.1 Å². The molecule has 0 aromatic heterocycles. The van der Waals surface area contributed by atoms with E-state index >= 15 is 0 Å². The molecule has 0 bridgehead atoms. The number of anilines is 1. The third kappa shape index (κ3) is 3.14. The Morgan fingerprint density at radius 2 is 1.83 bits per heavy atom. The van der Waals surface area contributed by atoms with E-state index in [1.807, 2.05) is 56.6 Å². The number of carbonyl (C=O) groups is 1. The van der Waals surface area contributed by atoms with Gasteiger partial charge in [0.05, 0.1) is 19.8 Å². The molecule has 0 unspecified atom stereocenters. The SMILES string of the molecule is CN1C(=O)C[N+](C)(C)/N=C(/c2ccccc2)c2cc(Cl)ccc21. The molecule has 0 radical (unpaired) electrons. The number of rotatable bonds is 1. The van der Waals surface area contributed by atoms with Gasteiger partial charge in [0.25, 0.3) is 5.91 Å². The number of hydrogen-bond donors (Lipinski definition) is 0. The molecule has 1 aliphatic rings. The molecular weight excluding hydrogens is 310 g/mol. The molecule has 2 aromatic rings. The van der Waals surface area contributed by atoms with Crippen molar-refractivity contribution in [2.45, 2.75) is 0 Å². The van der Waals surface area contributed by atoms with Gasteiger partial charge in [-0.1, -0.05) is 47.0 Å². The molecule has 0 aliphatic carbocycles. The van der Waals surface area contributed by atoms with Gasteiger partial charge in [-0.3, -0.25) is 4.79 Å². The topological polar surface area (TPSA) is 32.7 Å². The maximum absolute atomic E-state index is 12.5. The fourth-order valence-corrected chi connectivity index (χ4v) is 2.90. The van der Waals surface area contributed by atoms with Gasteiger partial charge in [0.15, 0.2) is 6.54 Å². The zero-order chi connectivity index (χ0) is 16.6. The van der Waals surface area contributed by atoms with E-state index < -0.39 is 0 Å². The molecule has 0 saturated carbocycles. The molecule has 1 aliphatic heterocycles. The highest BCUT2D eigenvalue weighted by Gasteiger charge is 2.30. The van der Waals surface area contributed by atoms with E-state index in [4.69, 9.17) is 16.7 Å². The number of carbonyl (C=O) groups excluding carboxylic acids is 1. The van der Waals surface area contributed by atoms with Crippen molar-refractivity contribution in [3.05, 3.63) is 64.7 Å². The highest BCUT2D eigenvalue weighted by Crippen LogP contribution is 2.29. The van der Waals surface area contributed by atoms with E-state index in [9.17, 15) is 4.79 Å². The number of nitrogens with zero attached hydrogens (tertiary/aromatic N) is 3. The third-order valence-corrected chi connectivity index (χ3v) is 4.12. The number of quaternary nitrogens is 1. The number of halogens is 1. The maximum atomic E-state index is 12.5. The summed E-state index contributed by atoms with van der Waals surface area (Å²) in [4.78, 5) is 14.2. The summed E-state index contributed by atoms with van der Waals surface area (Å²) in [6, 6.07) is 15.5. The quantitative estimate of drug-likeness (QED) is 0.740. The average Bonchev–Trinajstić information content (AvgIpc) is 2.51. The Labute approximate surface area is 141 Å². The fraction of sp³-hybridized carbons (Fsp3) is 0.222. The molecule has 0 fully saturated rings. The molecule has 3 rings (SSSR count). The molecule has 1 amide bonds. The van der Waals surface area contributed by atoms with Crippen LogP contribution >= 0.6 is 11.6 Å².